The normalized spacial score (nSPS) is 17.3. The van der Waals surface area contributed by atoms with Gasteiger partial charge < -0.3 is 4.90 Å². The summed E-state index contributed by atoms with van der Waals surface area (Å²) < 4.78 is 54.6. The second-order valence-corrected chi connectivity index (χ2v) is 7.21. The lowest BCUT2D eigenvalue weighted by Crippen LogP contribution is -2.30. The Morgan fingerprint density at radius 3 is 2.72 bits per heavy atom. The Kier molecular flexibility index (Phi) is 4.76. The van der Waals surface area contributed by atoms with Crippen molar-refractivity contribution in [1.82, 2.24) is 19.5 Å². The van der Waals surface area contributed by atoms with Crippen molar-refractivity contribution in [2.75, 3.05) is 13.1 Å². The fourth-order valence-corrected chi connectivity index (χ4v) is 3.66. The molecule has 29 heavy (non-hydrogen) atoms. The lowest BCUT2D eigenvalue weighted by atomic mass is 10.1. The number of hydrogen-bond acceptors (Lipinski definition) is 3. The van der Waals surface area contributed by atoms with Crippen molar-refractivity contribution >= 4 is 11.6 Å². The van der Waals surface area contributed by atoms with Crippen molar-refractivity contribution < 1.29 is 22.4 Å². The minimum Gasteiger partial charge on any atom is -0.342 e. The maximum absolute atomic E-state index is 13.8. The molecule has 0 unspecified atom stereocenters. The number of aryl methyl sites for hydroxylation is 1. The topological polar surface area (TPSA) is 50.5 Å². The first kappa shape index (κ1) is 19.4. The molecule has 152 valence electrons. The molecule has 0 radical (unpaired) electrons. The highest BCUT2D eigenvalue weighted by Crippen LogP contribution is 2.32. The van der Waals surface area contributed by atoms with Gasteiger partial charge in [0.05, 0.1) is 12.1 Å². The molecule has 0 aliphatic carbocycles. The first-order chi connectivity index (χ1) is 13.7. The number of fused-ring (bicyclic) bond motifs is 1. The highest BCUT2D eigenvalue weighted by Gasteiger charge is 2.36. The first-order valence-electron chi connectivity index (χ1n) is 9.18. The van der Waals surface area contributed by atoms with Gasteiger partial charge in [-0.3, -0.25) is 4.79 Å². The van der Waals surface area contributed by atoms with E-state index in [4.69, 9.17) is 0 Å². The highest BCUT2D eigenvalue weighted by molar-refractivity contribution is 5.79. The van der Waals surface area contributed by atoms with Gasteiger partial charge in [-0.1, -0.05) is 18.2 Å². The maximum atomic E-state index is 13.8. The third-order valence-electron chi connectivity index (χ3n) is 5.12. The van der Waals surface area contributed by atoms with Gasteiger partial charge in [-0.2, -0.15) is 18.3 Å². The fourth-order valence-electron chi connectivity index (χ4n) is 3.66. The zero-order valence-electron chi connectivity index (χ0n) is 15.6. The molecule has 1 aromatic carbocycles. The van der Waals surface area contributed by atoms with Gasteiger partial charge in [0, 0.05) is 30.8 Å². The standard InChI is InChI=1S/C20H18F4N4O/c1-12-8-17(20(22,23)24)28-18(25-12)10-16(26-28)14-6-7-27(11-14)19(29)9-13-4-2-3-5-15(13)21/h2-5,8,10,14H,6-7,9,11H2,1H3/t14-/m0/s1. The van der Waals surface area contributed by atoms with Gasteiger partial charge in [0.25, 0.3) is 0 Å². The lowest BCUT2D eigenvalue weighted by molar-refractivity contribution is -0.142. The minimum absolute atomic E-state index is 0.0521. The lowest BCUT2D eigenvalue weighted by Gasteiger charge is -2.16. The van der Waals surface area contributed by atoms with Crippen LogP contribution in [0, 0.1) is 12.7 Å². The van der Waals surface area contributed by atoms with Crippen LogP contribution in [0.15, 0.2) is 36.4 Å². The zero-order valence-corrected chi connectivity index (χ0v) is 15.6. The van der Waals surface area contributed by atoms with E-state index in [1.807, 2.05) is 0 Å². The van der Waals surface area contributed by atoms with Crippen LogP contribution in [0.4, 0.5) is 17.6 Å². The number of carbonyl (C=O) groups is 1. The van der Waals surface area contributed by atoms with Crippen LogP contribution in [0.25, 0.3) is 5.65 Å². The minimum atomic E-state index is -4.55. The van der Waals surface area contributed by atoms with E-state index in [9.17, 15) is 22.4 Å². The molecular weight excluding hydrogens is 388 g/mol. The van der Waals surface area contributed by atoms with Crippen molar-refractivity contribution in [2.24, 2.45) is 0 Å². The van der Waals surface area contributed by atoms with Crippen LogP contribution in [0.2, 0.25) is 0 Å². The van der Waals surface area contributed by atoms with Crippen LogP contribution in [0.1, 0.15) is 35.0 Å². The van der Waals surface area contributed by atoms with E-state index in [-0.39, 0.29) is 29.6 Å². The number of rotatable bonds is 3. The predicted molar refractivity (Wildman–Crippen MR) is 96.8 cm³/mol. The van der Waals surface area contributed by atoms with Crippen molar-refractivity contribution in [1.29, 1.82) is 0 Å². The van der Waals surface area contributed by atoms with Gasteiger partial charge >= 0.3 is 6.18 Å². The fraction of sp³-hybridized carbons (Fsp3) is 0.350. The van der Waals surface area contributed by atoms with Crippen molar-refractivity contribution in [2.45, 2.75) is 31.9 Å². The molecule has 1 atom stereocenters. The highest BCUT2D eigenvalue weighted by atomic mass is 19.4. The third kappa shape index (κ3) is 3.81. The molecule has 0 saturated carbocycles. The SMILES string of the molecule is Cc1cc(C(F)(F)F)n2nc([C@H]3CCN(C(=O)Cc4ccccc4F)C3)cc2n1. The van der Waals surface area contributed by atoms with E-state index >= 15 is 0 Å². The molecule has 1 amide bonds. The molecule has 3 heterocycles. The number of halogens is 4. The zero-order chi connectivity index (χ0) is 20.8. The van der Waals surface area contributed by atoms with Crippen molar-refractivity contribution in [3.63, 3.8) is 0 Å². The molecule has 5 nitrogen and oxygen atoms in total. The Balaban J connectivity index is 1.54. The van der Waals surface area contributed by atoms with Gasteiger partial charge in [-0.05, 0) is 31.0 Å². The van der Waals surface area contributed by atoms with E-state index in [2.05, 4.69) is 10.1 Å². The molecule has 3 aromatic rings. The first-order valence-corrected chi connectivity index (χ1v) is 9.18. The molecule has 1 aliphatic heterocycles. The number of carbonyl (C=O) groups excluding carboxylic acids is 1. The van der Waals surface area contributed by atoms with Crippen LogP contribution < -0.4 is 0 Å². The second kappa shape index (κ2) is 7.13. The summed E-state index contributed by atoms with van der Waals surface area (Å²) in [7, 11) is 0. The molecule has 1 saturated heterocycles. The summed E-state index contributed by atoms with van der Waals surface area (Å²) in [5, 5.41) is 4.13. The van der Waals surface area contributed by atoms with Crippen LogP contribution in [-0.2, 0) is 17.4 Å². The maximum Gasteiger partial charge on any atom is 0.433 e. The molecule has 0 bridgehead atoms. The van der Waals surface area contributed by atoms with Crippen LogP contribution in [-0.4, -0.2) is 38.5 Å². The average molecular weight is 406 g/mol. The summed E-state index contributed by atoms with van der Waals surface area (Å²) >= 11 is 0. The Hall–Kier alpha value is -2.97. The summed E-state index contributed by atoms with van der Waals surface area (Å²) in [4.78, 5) is 18.3. The molecule has 9 heteroatoms. The quantitative estimate of drug-likeness (QED) is 0.623. The average Bonchev–Trinajstić information content (AvgIpc) is 3.28. The molecular formula is C20H18F4N4O. The number of hydrogen-bond donors (Lipinski definition) is 0. The van der Waals surface area contributed by atoms with Gasteiger partial charge in [0.1, 0.15) is 11.5 Å². The Bertz CT molecular complexity index is 1080. The monoisotopic (exact) mass is 406 g/mol. The van der Waals surface area contributed by atoms with Crippen molar-refractivity contribution in [3.8, 4) is 0 Å². The van der Waals surface area contributed by atoms with Crippen LogP contribution in [0.3, 0.4) is 0 Å². The summed E-state index contributed by atoms with van der Waals surface area (Å²) in [6.45, 7) is 2.28. The Morgan fingerprint density at radius 1 is 1.24 bits per heavy atom. The molecule has 2 aromatic heterocycles. The molecule has 0 spiro atoms. The summed E-state index contributed by atoms with van der Waals surface area (Å²) in [5.74, 6) is -0.841. The largest absolute Gasteiger partial charge is 0.433 e. The number of benzene rings is 1. The van der Waals surface area contributed by atoms with E-state index in [0.717, 1.165) is 10.6 Å². The molecule has 0 N–H and O–H groups in total. The number of nitrogens with zero attached hydrogens (tertiary/aromatic N) is 4. The third-order valence-corrected chi connectivity index (χ3v) is 5.12. The van der Waals surface area contributed by atoms with Gasteiger partial charge in [0.2, 0.25) is 5.91 Å². The van der Waals surface area contributed by atoms with Gasteiger partial charge in [-0.25, -0.2) is 13.9 Å². The van der Waals surface area contributed by atoms with Gasteiger partial charge in [-0.15, -0.1) is 0 Å². The molecule has 1 fully saturated rings. The van der Waals surface area contributed by atoms with Crippen molar-refractivity contribution in [3.05, 3.63) is 64.9 Å². The van der Waals surface area contributed by atoms with E-state index in [1.165, 1.54) is 19.1 Å². The Morgan fingerprint density at radius 2 is 2.00 bits per heavy atom. The van der Waals surface area contributed by atoms with Crippen LogP contribution >= 0.6 is 0 Å². The predicted octanol–water partition coefficient (Wildman–Crippen LogP) is 3.75. The number of likely N-dealkylation sites (tertiary alicyclic amines) is 1. The van der Waals surface area contributed by atoms with Crippen LogP contribution in [0.5, 0.6) is 0 Å². The number of alkyl halides is 3. The number of amides is 1. The molecule has 4 rings (SSSR count). The smallest absolute Gasteiger partial charge is 0.342 e. The number of aromatic nitrogens is 3. The second-order valence-electron chi connectivity index (χ2n) is 7.21. The molecule has 1 aliphatic rings. The van der Waals surface area contributed by atoms with E-state index in [0.29, 0.717) is 30.8 Å². The summed E-state index contributed by atoms with van der Waals surface area (Å²) in [6.07, 6.45) is -4.02. The Labute approximate surface area is 164 Å². The summed E-state index contributed by atoms with van der Waals surface area (Å²) in [6, 6.07) is 8.60. The van der Waals surface area contributed by atoms with E-state index in [1.54, 1.807) is 23.1 Å². The van der Waals surface area contributed by atoms with E-state index < -0.39 is 17.7 Å². The van der Waals surface area contributed by atoms with Gasteiger partial charge in [0.15, 0.2) is 5.65 Å². The summed E-state index contributed by atoms with van der Waals surface area (Å²) in [5.41, 5.74) is 0.294.